The molecular weight excluding hydrogens is 298 g/mol. The quantitative estimate of drug-likeness (QED) is 0.841. The van der Waals surface area contributed by atoms with Crippen LogP contribution in [0.1, 0.15) is 52.4 Å². The SMILES string of the molecule is CC1(C)OC[C@H]2O[C@H](C3=NOC(C4CCCCC4)C3)[C@H](O)[C@H]2O1. The number of oxime groups is 1. The van der Waals surface area contributed by atoms with Crippen LogP contribution in [0.3, 0.4) is 0 Å². The van der Waals surface area contributed by atoms with Gasteiger partial charge in [0.05, 0.1) is 12.3 Å². The molecule has 6 nitrogen and oxygen atoms in total. The van der Waals surface area contributed by atoms with Gasteiger partial charge in [-0.05, 0) is 32.6 Å². The lowest BCUT2D eigenvalue weighted by atomic mass is 9.83. The van der Waals surface area contributed by atoms with E-state index in [1.807, 2.05) is 13.8 Å². The Morgan fingerprint density at radius 3 is 2.70 bits per heavy atom. The Bertz CT molecular complexity index is 474. The fourth-order valence-corrected chi connectivity index (χ4v) is 4.28. The predicted octanol–water partition coefficient (Wildman–Crippen LogP) is 1.99. The molecule has 3 fully saturated rings. The molecule has 3 heterocycles. The second kappa shape index (κ2) is 5.99. The van der Waals surface area contributed by atoms with Crippen LogP contribution >= 0.6 is 0 Å². The molecule has 0 radical (unpaired) electrons. The highest BCUT2D eigenvalue weighted by molar-refractivity contribution is 5.90. The summed E-state index contributed by atoms with van der Waals surface area (Å²) in [5.74, 6) is -0.0942. The van der Waals surface area contributed by atoms with Crippen molar-refractivity contribution in [1.82, 2.24) is 0 Å². The molecule has 0 aromatic rings. The molecule has 0 aromatic heterocycles. The number of ether oxygens (including phenoxy) is 3. The van der Waals surface area contributed by atoms with Gasteiger partial charge >= 0.3 is 0 Å². The van der Waals surface area contributed by atoms with E-state index in [4.69, 9.17) is 19.0 Å². The Balaban J connectivity index is 1.39. The molecule has 4 rings (SSSR count). The number of fused-ring (bicyclic) bond motifs is 1. The van der Waals surface area contributed by atoms with Gasteiger partial charge in [-0.2, -0.15) is 0 Å². The molecule has 1 N–H and O–H groups in total. The van der Waals surface area contributed by atoms with Gasteiger partial charge in [-0.15, -0.1) is 0 Å². The fraction of sp³-hybridized carbons (Fsp3) is 0.941. The summed E-state index contributed by atoms with van der Waals surface area (Å²) in [4.78, 5) is 5.68. The minimum atomic E-state index is -0.712. The average molecular weight is 325 g/mol. The average Bonchev–Trinajstić information content (AvgIpc) is 3.13. The largest absolute Gasteiger partial charge is 0.392 e. The summed E-state index contributed by atoms with van der Waals surface area (Å²) in [6.07, 6.45) is 5.51. The van der Waals surface area contributed by atoms with Crippen LogP contribution in [0.4, 0.5) is 0 Å². The standard InChI is InChI=1S/C17H27NO5/c1-17(2)20-9-13-16(22-17)14(19)15(21-13)11-8-12(23-18-11)10-6-4-3-5-7-10/h10,12-16,19H,3-9H2,1-2H3/t12?,13-,14+,15-,16+/m1/s1. The van der Waals surface area contributed by atoms with Gasteiger partial charge in [-0.1, -0.05) is 24.4 Å². The molecule has 5 atom stereocenters. The predicted molar refractivity (Wildman–Crippen MR) is 83.1 cm³/mol. The lowest BCUT2D eigenvalue weighted by Gasteiger charge is -2.37. The van der Waals surface area contributed by atoms with Crippen LogP contribution in [0.25, 0.3) is 0 Å². The Hall–Kier alpha value is -0.690. The maximum absolute atomic E-state index is 10.6. The second-order valence-electron chi connectivity index (χ2n) is 7.71. The number of rotatable bonds is 2. The maximum atomic E-state index is 10.6. The van der Waals surface area contributed by atoms with E-state index in [2.05, 4.69) is 5.16 Å². The molecule has 1 unspecified atom stereocenters. The zero-order chi connectivity index (χ0) is 16.0. The third kappa shape index (κ3) is 3.02. The molecule has 6 heteroatoms. The van der Waals surface area contributed by atoms with E-state index < -0.39 is 18.0 Å². The van der Waals surface area contributed by atoms with Crippen molar-refractivity contribution in [2.75, 3.05) is 6.61 Å². The number of aliphatic hydroxyl groups is 1. The van der Waals surface area contributed by atoms with Crippen LogP contribution in [0.2, 0.25) is 0 Å². The van der Waals surface area contributed by atoms with Crippen molar-refractivity contribution in [3.8, 4) is 0 Å². The number of nitrogens with zero attached hydrogens (tertiary/aromatic N) is 1. The summed E-state index contributed by atoms with van der Waals surface area (Å²) in [7, 11) is 0. The first-order chi connectivity index (χ1) is 11.0. The molecule has 4 aliphatic rings. The van der Waals surface area contributed by atoms with Gasteiger partial charge in [0.1, 0.15) is 30.5 Å². The van der Waals surface area contributed by atoms with Crippen LogP contribution in [-0.2, 0) is 19.0 Å². The van der Waals surface area contributed by atoms with Crippen LogP contribution in [0, 0.1) is 5.92 Å². The normalized spacial score (nSPS) is 43.8. The van der Waals surface area contributed by atoms with Gasteiger partial charge in [0.25, 0.3) is 0 Å². The van der Waals surface area contributed by atoms with Gasteiger partial charge in [-0.25, -0.2) is 0 Å². The second-order valence-corrected chi connectivity index (χ2v) is 7.71. The molecule has 2 saturated heterocycles. The summed E-state index contributed by atoms with van der Waals surface area (Å²) in [5.41, 5.74) is 0.823. The van der Waals surface area contributed by atoms with E-state index in [0.29, 0.717) is 12.5 Å². The molecular formula is C17H27NO5. The third-order valence-electron chi connectivity index (χ3n) is 5.57. The molecule has 0 amide bonds. The van der Waals surface area contributed by atoms with Gasteiger partial charge in [-0.3, -0.25) is 0 Å². The maximum Gasteiger partial charge on any atom is 0.163 e. The van der Waals surface area contributed by atoms with Gasteiger partial charge in [0, 0.05) is 6.42 Å². The molecule has 23 heavy (non-hydrogen) atoms. The summed E-state index contributed by atoms with van der Waals surface area (Å²) in [6, 6.07) is 0. The van der Waals surface area contributed by atoms with Crippen LogP contribution < -0.4 is 0 Å². The first-order valence-electron chi connectivity index (χ1n) is 8.91. The van der Waals surface area contributed by atoms with E-state index >= 15 is 0 Å². The van der Waals surface area contributed by atoms with Gasteiger partial charge in [0.2, 0.25) is 0 Å². The Morgan fingerprint density at radius 1 is 1.13 bits per heavy atom. The van der Waals surface area contributed by atoms with Gasteiger partial charge < -0.3 is 24.2 Å². The van der Waals surface area contributed by atoms with Crippen molar-refractivity contribution in [1.29, 1.82) is 0 Å². The first kappa shape index (κ1) is 15.8. The Labute approximate surface area is 137 Å². The number of aliphatic hydroxyl groups excluding tert-OH is 1. The first-order valence-corrected chi connectivity index (χ1v) is 8.91. The monoisotopic (exact) mass is 325 g/mol. The molecule has 1 aliphatic carbocycles. The molecule has 1 saturated carbocycles. The summed E-state index contributed by atoms with van der Waals surface area (Å²) < 4.78 is 17.5. The van der Waals surface area contributed by atoms with Crippen molar-refractivity contribution in [2.45, 2.75) is 88.7 Å². The summed E-state index contributed by atoms with van der Waals surface area (Å²) in [5, 5.41) is 14.9. The lowest BCUT2D eigenvalue weighted by molar-refractivity contribution is -0.300. The molecule has 130 valence electrons. The van der Waals surface area contributed by atoms with E-state index in [9.17, 15) is 5.11 Å². The van der Waals surface area contributed by atoms with Crippen molar-refractivity contribution in [3.05, 3.63) is 0 Å². The van der Waals surface area contributed by atoms with Gasteiger partial charge in [0.15, 0.2) is 5.79 Å². The van der Waals surface area contributed by atoms with Crippen molar-refractivity contribution in [2.24, 2.45) is 11.1 Å². The smallest absolute Gasteiger partial charge is 0.163 e. The van der Waals surface area contributed by atoms with E-state index in [-0.39, 0.29) is 18.3 Å². The summed E-state index contributed by atoms with van der Waals surface area (Å²) >= 11 is 0. The fourth-order valence-electron chi connectivity index (χ4n) is 4.28. The topological polar surface area (TPSA) is 69.5 Å². The highest BCUT2D eigenvalue weighted by atomic mass is 16.7. The highest BCUT2D eigenvalue weighted by Gasteiger charge is 2.53. The zero-order valence-electron chi connectivity index (χ0n) is 13.9. The zero-order valence-corrected chi connectivity index (χ0v) is 13.9. The minimum Gasteiger partial charge on any atom is -0.392 e. The highest BCUT2D eigenvalue weighted by Crippen LogP contribution is 2.37. The number of hydrogen-bond donors (Lipinski definition) is 1. The van der Waals surface area contributed by atoms with E-state index in [0.717, 1.165) is 12.1 Å². The lowest BCUT2D eigenvalue weighted by Crippen LogP contribution is -2.50. The molecule has 0 aromatic carbocycles. The van der Waals surface area contributed by atoms with Crippen molar-refractivity contribution in [3.63, 3.8) is 0 Å². The molecule has 0 spiro atoms. The number of hydrogen-bond acceptors (Lipinski definition) is 6. The molecule has 0 bridgehead atoms. The Kier molecular flexibility index (Phi) is 4.12. The van der Waals surface area contributed by atoms with Crippen molar-refractivity contribution >= 4 is 5.71 Å². The Morgan fingerprint density at radius 2 is 1.91 bits per heavy atom. The van der Waals surface area contributed by atoms with E-state index in [1.54, 1.807) is 0 Å². The third-order valence-corrected chi connectivity index (χ3v) is 5.57. The molecule has 3 aliphatic heterocycles. The van der Waals surface area contributed by atoms with E-state index in [1.165, 1.54) is 32.1 Å². The van der Waals surface area contributed by atoms with Crippen LogP contribution in [-0.4, -0.2) is 53.7 Å². The summed E-state index contributed by atoms with van der Waals surface area (Å²) in [6.45, 7) is 4.16. The minimum absolute atomic E-state index is 0.150. The van der Waals surface area contributed by atoms with Crippen LogP contribution in [0.15, 0.2) is 5.16 Å². The van der Waals surface area contributed by atoms with Crippen molar-refractivity contribution < 1.29 is 24.2 Å². The van der Waals surface area contributed by atoms with Crippen LogP contribution in [0.5, 0.6) is 0 Å².